The second-order valence-electron chi connectivity index (χ2n) is 14.0. The third-order valence-electron chi connectivity index (χ3n) is 11.3. The smallest absolute Gasteiger partial charge is 0.0632 e. The van der Waals surface area contributed by atoms with Crippen molar-refractivity contribution >= 4 is 16.9 Å². The van der Waals surface area contributed by atoms with E-state index in [4.69, 9.17) is 0 Å². The SMILES string of the molecule is CC1C=CC(C2C=CC=C(N3c4cc(C5=CC6C(C=C5)c5ccccc5N6C5=CC=CCC5)ccc4C4C=CC=CC43)C2)CC1. The van der Waals surface area contributed by atoms with Gasteiger partial charge >= 0.3 is 0 Å². The van der Waals surface area contributed by atoms with Crippen molar-refractivity contribution in [1.29, 1.82) is 0 Å². The van der Waals surface area contributed by atoms with Gasteiger partial charge in [0.2, 0.25) is 0 Å². The molecule has 9 rings (SSSR count). The zero-order chi connectivity index (χ0) is 29.9. The van der Waals surface area contributed by atoms with E-state index >= 15 is 0 Å². The molecular weight excluding hydrogens is 544 g/mol. The minimum absolute atomic E-state index is 0.302. The highest BCUT2D eigenvalue weighted by Gasteiger charge is 2.41. The van der Waals surface area contributed by atoms with Crippen LogP contribution in [0.2, 0.25) is 0 Å². The highest BCUT2D eigenvalue weighted by Crippen LogP contribution is 2.51. The second kappa shape index (κ2) is 10.9. The molecule has 0 saturated heterocycles. The maximum atomic E-state index is 2.68. The first-order chi connectivity index (χ1) is 22.2. The average molecular weight is 587 g/mol. The normalized spacial score (nSPS) is 32.1. The quantitative estimate of drug-likeness (QED) is 0.329. The number of para-hydroxylation sites is 1. The first kappa shape index (κ1) is 27.0. The van der Waals surface area contributed by atoms with E-state index in [-0.39, 0.29) is 0 Å². The van der Waals surface area contributed by atoms with Crippen molar-refractivity contribution in [1.82, 2.24) is 0 Å². The number of fused-ring (bicyclic) bond motifs is 6. The largest absolute Gasteiger partial charge is 0.337 e. The van der Waals surface area contributed by atoms with E-state index in [2.05, 4.69) is 150 Å². The molecule has 2 aromatic carbocycles. The van der Waals surface area contributed by atoms with E-state index in [1.807, 2.05) is 0 Å². The third-order valence-corrected chi connectivity index (χ3v) is 11.3. The van der Waals surface area contributed by atoms with Crippen molar-refractivity contribution in [2.45, 2.75) is 62.9 Å². The zero-order valence-corrected chi connectivity index (χ0v) is 26.2. The molecule has 0 aromatic heterocycles. The van der Waals surface area contributed by atoms with Crippen LogP contribution in [0.5, 0.6) is 0 Å². The fourth-order valence-electron chi connectivity index (χ4n) is 9.01. The first-order valence-electron chi connectivity index (χ1n) is 17.2. The Balaban J connectivity index is 1.07. The van der Waals surface area contributed by atoms with Crippen LogP contribution in [0.4, 0.5) is 11.4 Å². The molecule has 7 unspecified atom stereocenters. The summed E-state index contributed by atoms with van der Waals surface area (Å²) in [5, 5.41) is 0. The molecule has 7 aliphatic rings. The molecule has 224 valence electrons. The molecule has 7 atom stereocenters. The molecule has 0 radical (unpaired) electrons. The summed E-state index contributed by atoms with van der Waals surface area (Å²) in [4.78, 5) is 5.30. The Morgan fingerprint density at radius 3 is 2.40 bits per heavy atom. The van der Waals surface area contributed by atoms with Crippen LogP contribution in [0.3, 0.4) is 0 Å². The maximum absolute atomic E-state index is 2.68. The third kappa shape index (κ3) is 4.52. The summed E-state index contributed by atoms with van der Waals surface area (Å²) >= 11 is 0. The van der Waals surface area contributed by atoms with Crippen LogP contribution in [0.1, 0.15) is 67.6 Å². The summed E-state index contributed by atoms with van der Waals surface area (Å²) in [5.74, 6) is 2.71. The lowest BCUT2D eigenvalue weighted by molar-refractivity contribution is 0.383. The number of rotatable bonds is 4. The van der Waals surface area contributed by atoms with Crippen LogP contribution in [0.15, 0.2) is 145 Å². The van der Waals surface area contributed by atoms with Gasteiger partial charge in [-0.25, -0.2) is 0 Å². The minimum atomic E-state index is 0.302. The lowest BCUT2D eigenvalue weighted by Crippen LogP contribution is -2.34. The number of allylic oxidation sites excluding steroid dienone is 14. The monoisotopic (exact) mass is 586 g/mol. The molecule has 2 aromatic rings. The Labute approximate surface area is 268 Å². The summed E-state index contributed by atoms with van der Waals surface area (Å²) in [6, 6.07) is 17.0. The molecule has 0 bridgehead atoms. The van der Waals surface area contributed by atoms with Crippen LogP contribution < -0.4 is 9.80 Å². The van der Waals surface area contributed by atoms with Gasteiger partial charge in [0.25, 0.3) is 0 Å². The van der Waals surface area contributed by atoms with Gasteiger partial charge in [-0.3, -0.25) is 0 Å². The molecule has 0 amide bonds. The average Bonchev–Trinajstić information content (AvgIpc) is 3.61. The molecule has 0 spiro atoms. The van der Waals surface area contributed by atoms with Crippen molar-refractivity contribution in [3.05, 3.63) is 162 Å². The molecule has 2 nitrogen and oxygen atoms in total. The van der Waals surface area contributed by atoms with Crippen LogP contribution >= 0.6 is 0 Å². The van der Waals surface area contributed by atoms with Crippen molar-refractivity contribution in [3.63, 3.8) is 0 Å². The van der Waals surface area contributed by atoms with Gasteiger partial charge in [0.15, 0.2) is 0 Å². The van der Waals surface area contributed by atoms with Gasteiger partial charge in [0.05, 0.1) is 12.1 Å². The van der Waals surface area contributed by atoms with E-state index < -0.39 is 0 Å². The summed E-state index contributed by atoms with van der Waals surface area (Å²) in [6.45, 7) is 2.35. The highest BCUT2D eigenvalue weighted by atomic mass is 15.2. The Morgan fingerprint density at radius 2 is 1.51 bits per heavy atom. The second-order valence-corrected chi connectivity index (χ2v) is 14.0. The molecule has 5 aliphatic carbocycles. The summed E-state index contributed by atoms with van der Waals surface area (Å²) < 4.78 is 0. The van der Waals surface area contributed by atoms with Gasteiger partial charge in [0.1, 0.15) is 0 Å². The van der Waals surface area contributed by atoms with Gasteiger partial charge in [-0.1, -0.05) is 116 Å². The maximum Gasteiger partial charge on any atom is 0.0632 e. The van der Waals surface area contributed by atoms with E-state index in [1.54, 1.807) is 0 Å². The standard InChI is InChI=1S/C43H42N2/c1-29-18-20-30(21-19-29)31-10-9-13-35(26-31)45-41-17-8-6-15-37(41)39-25-23-33(28-43(39)45)32-22-24-38-36-14-5-7-16-40(36)44(42(38)27-32)34-11-3-2-4-12-34/h2-3,5-11,13-18,20,22-25,27-31,37-38,41-42H,4,12,19,21,26H2,1H3. The van der Waals surface area contributed by atoms with Crippen LogP contribution in [-0.4, -0.2) is 12.1 Å². The lowest BCUT2D eigenvalue weighted by atomic mass is 9.78. The number of hydrogen-bond donors (Lipinski definition) is 0. The molecule has 2 aliphatic heterocycles. The molecule has 0 saturated carbocycles. The van der Waals surface area contributed by atoms with E-state index in [1.165, 1.54) is 57.9 Å². The number of benzene rings is 2. The van der Waals surface area contributed by atoms with Gasteiger partial charge in [-0.05, 0) is 96.4 Å². The van der Waals surface area contributed by atoms with Crippen molar-refractivity contribution in [2.24, 2.45) is 17.8 Å². The summed E-state index contributed by atoms with van der Waals surface area (Å²) in [7, 11) is 0. The van der Waals surface area contributed by atoms with Crippen molar-refractivity contribution in [2.75, 3.05) is 9.80 Å². The fourth-order valence-corrected chi connectivity index (χ4v) is 9.01. The summed E-state index contributed by atoms with van der Waals surface area (Å²) in [5.41, 5.74) is 11.2. The highest BCUT2D eigenvalue weighted by molar-refractivity contribution is 5.84. The van der Waals surface area contributed by atoms with E-state index in [9.17, 15) is 0 Å². The number of hydrogen-bond acceptors (Lipinski definition) is 2. The van der Waals surface area contributed by atoms with E-state index in [0.29, 0.717) is 41.7 Å². The predicted octanol–water partition coefficient (Wildman–Crippen LogP) is 10.3. The fraction of sp³-hybridized carbons (Fsp3) is 0.302. The van der Waals surface area contributed by atoms with Gasteiger partial charge < -0.3 is 9.80 Å². The Kier molecular flexibility index (Phi) is 6.58. The van der Waals surface area contributed by atoms with E-state index in [0.717, 1.165) is 19.3 Å². The van der Waals surface area contributed by atoms with Crippen LogP contribution in [-0.2, 0) is 0 Å². The first-order valence-corrected chi connectivity index (χ1v) is 17.2. The molecule has 0 N–H and O–H groups in total. The van der Waals surface area contributed by atoms with Crippen LogP contribution in [0, 0.1) is 17.8 Å². The molecule has 45 heavy (non-hydrogen) atoms. The number of nitrogens with zero attached hydrogens (tertiary/aromatic N) is 2. The molecule has 0 fully saturated rings. The minimum Gasteiger partial charge on any atom is -0.337 e. The van der Waals surface area contributed by atoms with Gasteiger partial charge in [0, 0.05) is 34.6 Å². The predicted molar refractivity (Wildman–Crippen MR) is 189 cm³/mol. The van der Waals surface area contributed by atoms with Crippen molar-refractivity contribution in [3.8, 4) is 0 Å². The Bertz CT molecular complexity index is 1800. The van der Waals surface area contributed by atoms with Crippen LogP contribution in [0.25, 0.3) is 5.57 Å². The zero-order valence-electron chi connectivity index (χ0n) is 26.2. The molecular formula is C43H42N2. The van der Waals surface area contributed by atoms with Gasteiger partial charge in [-0.2, -0.15) is 0 Å². The topological polar surface area (TPSA) is 6.48 Å². The Morgan fingerprint density at radius 1 is 0.667 bits per heavy atom. The summed E-state index contributed by atoms with van der Waals surface area (Å²) in [6.07, 6.45) is 41.6. The molecule has 2 heteroatoms. The van der Waals surface area contributed by atoms with Crippen molar-refractivity contribution < 1.29 is 0 Å². The lowest BCUT2D eigenvalue weighted by Gasteiger charge is -2.36. The van der Waals surface area contributed by atoms with Gasteiger partial charge in [-0.15, -0.1) is 0 Å². The Hall–Kier alpha value is -4.30. The molecule has 2 heterocycles. The number of anilines is 2.